The molecule has 1 rings (SSSR count). The van der Waals surface area contributed by atoms with Crippen molar-refractivity contribution in [2.75, 3.05) is 27.2 Å². The van der Waals surface area contributed by atoms with Crippen LogP contribution < -0.4 is 10.5 Å². The van der Waals surface area contributed by atoms with Gasteiger partial charge in [-0.15, -0.1) is 0 Å². The highest BCUT2D eigenvalue weighted by atomic mass is 16.5. The molecule has 1 atom stereocenters. The van der Waals surface area contributed by atoms with Crippen molar-refractivity contribution in [1.29, 1.82) is 0 Å². The van der Waals surface area contributed by atoms with Gasteiger partial charge < -0.3 is 15.4 Å². The van der Waals surface area contributed by atoms with E-state index in [0.29, 0.717) is 5.92 Å². The Kier molecular flexibility index (Phi) is 6.32. The molecule has 2 N–H and O–H groups in total. The lowest BCUT2D eigenvalue weighted by atomic mass is 10.0. The van der Waals surface area contributed by atoms with Crippen LogP contribution in [0.15, 0.2) is 12.1 Å². The number of hydrogen-bond acceptors (Lipinski definition) is 3. The van der Waals surface area contributed by atoms with Crippen LogP contribution in [0.5, 0.6) is 5.75 Å². The summed E-state index contributed by atoms with van der Waals surface area (Å²) in [5.74, 6) is 1.60. The van der Waals surface area contributed by atoms with Crippen LogP contribution in [-0.4, -0.2) is 32.1 Å². The molecule has 1 aromatic carbocycles. The van der Waals surface area contributed by atoms with Crippen LogP contribution in [-0.2, 0) is 6.54 Å². The molecular formula is C16H28N2O. The van der Waals surface area contributed by atoms with Gasteiger partial charge in [-0.2, -0.15) is 0 Å². The Morgan fingerprint density at radius 1 is 1.32 bits per heavy atom. The quantitative estimate of drug-likeness (QED) is 0.823. The molecule has 0 aromatic heterocycles. The Morgan fingerprint density at radius 3 is 2.58 bits per heavy atom. The summed E-state index contributed by atoms with van der Waals surface area (Å²) in [7, 11) is 3.90. The predicted molar refractivity (Wildman–Crippen MR) is 81.6 cm³/mol. The highest BCUT2D eigenvalue weighted by Crippen LogP contribution is 2.26. The van der Waals surface area contributed by atoms with Gasteiger partial charge in [0.25, 0.3) is 0 Å². The van der Waals surface area contributed by atoms with E-state index in [9.17, 15) is 0 Å². The summed E-state index contributed by atoms with van der Waals surface area (Å²) < 4.78 is 5.53. The van der Waals surface area contributed by atoms with Crippen LogP contribution in [0.3, 0.4) is 0 Å². The smallest absolute Gasteiger partial charge is 0.126 e. The maximum absolute atomic E-state index is 5.66. The van der Waals surface area contributed by atoms with Crippen LogP contribution >= 0.6 is 0 Å². The van der Waals surface area contributed by atoms with E-state index in [1.165, 1.54) is 16.7 Å². The number of rotatable bonds is 7. The molecule has 0 aliphatic rings. The normalized spacial score (nSPS) is 12.8. The van der Waals surface area contributed by atoms with Crippen molar-refractivity contribution in [3.8, 4) is 5.75 Å². The number of nitrogens with zero attached hydrogens (tertiary/aromatic N) is 1. The molecule has 0 radical (unpaired) electrons. The Bertz CT molecular complexity index is 404. The second-order valence-electron chi connectivity index (χ2n) is 5.64. The second kappa shape index (κ2) is 7.51. The highest BCUT2D eigenvalue weighted by molar-refractivity contribution is 5.43. The third-order valence-corrected chi connectivity index (χ3v) is 3.55. The molecule has 0 aliphatic carbocycles. The first kappa shape index (κ1) is 16.0. The average molecular weight is 264 g/mol. The molecule has 108 valence electrons. The Balaban J connectivity index is 2.70. The molecule has 0 aliphatic heterocycles. The largest absolute Gasteiger partial charge is 0.496 e. The van der Waals surface area contributed by atoms with Gasteiger partial charge in [0.05, 0.1) is 7.11 Å². The van der Waals surface area contributed by atoms with Crippen molar-refractivity contribution in [2.24, 2.45) is 11.7 Å². The zero-order chi connectivity index (χ0) is 14.4. The molecule has 1 aromatic rings. The van der Waals surface area contributed by atoms with Crippen molar-refractivity contribution in [1.82, 2.24) is 4.90 Å². The fraction of sp³-hybridized carbons (Fsp3) is 0.625. The summed E-state index contributed by atoms with van der Waals surface area (Å²) >= 11 is 0. The van der Waals surface area contributed by atoms with Crippen LogP contribution in [0.25, 0.3) is 0 Å². The lowest BCUT2D eigenvalue weighted by molar-refractivity contribution is 0.293. The number of nitrogens with two attached hydrogens (primary N) is 1. The molecule has 0 amide bonds. The number of methoxy groups -OCH3 is 1. The maximum Gasteiger partial charge on any atom is 0.126 e. The first-order valence-electron chi connectivity index (χ1n) is 7.00. The number of aryl methyl sites for hydroxylation is 2. The molecule has 0 spiro atoms. The third kappa shape index (κ3) is 4.84. The van der Waals surface area contributed by atoms with Gasteiger partial charge in [0.1, 0.15) is 5.75 Å². The maximum atomic E-state index is 5.66. The Morgan fingerprint density at radius 2 is 2.00 bits per heavy atom. The molecule has 0 heterocycles. The first-order valence-corrected chi connectivity index (χ1v) is 7.00. The summed E-state index contributed by atoms with van der Waals surface area (Å²) in [5, 5.41) is 0. The molecule has 19 heavy (non-hydrogen) atoms. The lowest BCUT2D eigenvalue weighted by Gasteiger charge is -2.21. The summed E-state index contributed by atoms with van der Waals surface area (Å²) in [6.07, 6.45) is 1.14. The fourth-order valence-electron chi connectivity index (χ4n) is 2.38. The van der Waals surface area contributed by atoms with Gasteiger partial charge in [-0.3, -0.25) is 0 Å². The third-order valence-electron chi connectivity index (χ3n) is 3.55. The fourth-order valence-corrected chi connectivity index (χ4v) is 2.38. The topological polar surface area (TPSA) is 38.5 Å². The summed E-state index contributed by atoms with van der Waals surface area (Å²) in [4.78, 5) is 2.34. The monoisotopic (exact) mass is 264 g/mol. The Hall–Kier alpha value is -1.06. The van der Waals surface area contributed by atoms with E-state index in [2.05, 4.69) is 44.9 Å². The number of ether oxygens (including phenoxy) is 1. The van der Waals surface area contributed by atoms with Gasteiger partial charge in [-0.1, -0.05) is 24.6 Å². The van der Waals surface area contributed by atoms with E-state index in [4.69, 9.17) is 10.5 Å². The van der Waals surface area contributed by atoms with E-state index in [0.717, 1.165) is 31.8 Å². The molecule has 0 fully saturated rings. The van der Waals surface area contributed by atoms with E-state index < -0.39 is 0 Å². The van der Waals surface area contributed by atoms with Gasteiger partial charge in [0, 0.05) is 12.1 Å². The summed E-state index contributed by atoms with van der Waals surface area (Å²) in [6.45, 7) is 9.18. The van der Waals surface area contributed by atoms with Gasteiger partial charge in [-0.05, 0) is 51.9 Å². The number of benzene rings is 1. The van der Waals surface area contributed by atoms with Gasteiger partial charge in [0.15, 0.2) is 0 Å². The first-order chi connectivity index (χ1) is 8.97. The molecule has 3 heteroatoms. The minimum atomic E-state index is 0.587. The molecule has 1 unspecified atom stereocenters. The summed E-state index contributed by atoms with van der Waals surface area (Å²) in [5.41, 5.74) is 9.42. The summed E-state index contributed by atoms with van der Waals surface area (Å²) in [6, 6.07) is 4.38. The SMILES string of the molecule is COc1c(C)cc(C)cc1CN(C)CCC(C)CN. The minimum absolute atomic E-state index is 0.587. The molecule has 0 bridgehead atoms. The lowest BCUT2D eigenvalue weighted by Crippen LogP contribution is -2.23. The van der Waals surface area contributed by atoms with Crippen LogP contribution in [0.4, 0.5) is 0 Å². The molecule has 0 saturated carbocycles. The minimum Gasteiger partial charge on any atom is -0.496 e. The van der Waals surface area contributed by atoms with Gasteiger partial charge >= 0.3 is 0 Å². The highest BCUT2D eigenvalue weighted by Gasteiger charge is 2.10. The van der Waals surface area contributed by atoms with E-state index in [1.54, 1.807) is 7.11 Å². The Labute approximate surface area is 117 Å². The zero-order valence-corrected chi connectivity index (χ0v) is 13.0. The average Bonchev–Trinajstić information content (AvgIpc) is 2.35. The van der Waals surface area contributed by atoms with E-state index >= 15 is 0 Å². The number of hydrogen-bond donors (Lipinski definition) is 1. The van der Waals surface area contributed by atoms with Crippen molar-refractivity contribution < 1.29 is 4.74 Å². The van der Waals surface area contributed by atoms with E-state index in [1.807, 2.05) is 0 Å². The van der Waals surface area contributed by atoms with Crippen molar-refractivity contribution >= 4 is 0 Å². The molecule has 0 saturated heterocycles. The standard InChI is InChI=1S/C16H28N2O/c1-12(10-17)6-7-18(4)11-15-9-13(2)8-14(3)16(15)19-5/h8-9,12H,6-7,10-11,17H2,1-5H3. The predicted octanol–water partition coefficient (Wildman–Crippen LogP) is 2.73. The van der Waals surface area contributed by atoms with Gasteiger partial charge in [-0.25, -0.2) is 0 Å². The van der Waals surface area contributed by atoms with Crippen LogP contribution in [0.2, 0.25) is 0 Å². The van der Waals surface area contributed by atoms with Crippen LogP contribution in [0, 0.1) is 19.8 Å². The molecular weight excluding hydrogens is 236 g/mol. The molecule has 3 nitrogen and oxygen atoms in total. The van der Waals surface area contributed by atoms with Crippen molar-refractivity contribution in [3.05, 3.63) is 28.8 Å². The van der Waals surface area contributed by atoms with Gasteiger partial charge in [0.2, 0.25) is 0 Å². The van der Waals surface area contributed by atoms with Crippen molar-refractivity contribution in [3.63, 3.8) is 0 Å². The van der Waals surface area contributed by atoms with Crippen LogP contribution in [0.1, 0.15) is 30.0 Å². The van der Waals surface area contributed by atoms with E-state index in [-0.39, 0.29) is 0 Å². The van der Waals surface area contributed by atoms with Crippen molar-refractivity contribution in [2.45, 2.75) is 33.7 Å². The second-order valence-corrected chi connectivity index (χ2v) is 5.64. The zero-order valence-electron chi connectivity index (χ0n) is 13.0.